The number of rotatable bonds is 9. The number of hydrogen-bond acceptors (Lipinski definition) is 2. The van der Waals surface area contributed by atoms with Crippen LogP contribution in [0.3, 0.4) is 0 Å². The standard InChI is InChI=1S/C106H88N2/c1-103(2)95-22-12-9-19-87(95)90-41-36-81(61-100(90)103)107(77-32-27-68(28-33-77)71-26-25-67-15-5-6-16-70(67)57-71)80-39-46-99-94(60-80)92-40-31-72(58-102(92)106(99)75-53-65-48-66(55-75)56-76(106)54-65)84-44-43-83(85-17-7-8-18-86(84)85)69-29-34-78(35-30-69)108(82-37-42-91-88-20-10-13-23-96(88)104(3,4)101(91)62-82)79-38-45-98-93(59-79)89-21-11-14-24-97(89)105(98)73-49-63-47-64(51-73)52-74(105)50-63/h5-46,57-66,73-76H,47-56H2,1-4H3. The van der Waals surface area contributed by atoms with E-state index < -0.39 is 0 Å². The Hall–Kier alpha value is -10.8. The second kappa shape index (κ2) is 22.4. The molecule has 0 atom stereocenters. The van der Waals surface area contributed by atoms with Gasteiger partial charge in [0.25, 0.3) is 0 Å². The average Bonchev–Trinajstić information content (AvgIpc) is 1.47. The van der Waals surface area contributed by atoms with Crippen LogP contribution in [-0.2, 0) is 21.7 Å². The molecule has 0 radical (unpaired) electrons. The zero-order valence-electron chi connectivity index (χ0n) is 62.3. The van der Waals surface area contributed by atoms with Gasteiger partial charge in [-0.2, -0.15) is 0 Å². The molecule has 12 aliphatic carbocycles. The SMILES string of the molecule is CC1(C)c2ccccc2-c2ccc(N(c3ccc(-c4ccc(-c5ccc6c(c5)C5(c7ccc(N(c8ccc(-c9ccc%10ccccc%10c9)cc8)c8ccc9c(c8)C(C)(C)c8ccccc8-9)cc7-6)C6CC7CC(C6)CC5C7)c5ccccc45)cc3)c3ccc4c(c3)-c3ccccc3C43C4CC5CC(C4)CC3C5)cc21. The summed E-state index contributed by atoms with van der Waals surface area (Å²) < 4.78 is 0. The Labute approximate surface area is 635 Å². The number of fused-ring (bicyclic) bond motifs is 14. The molecule has 522 valence electrons. The van der Waals surface area contributed by atoms with Crippen LogP contribution in [0, 0.1) is 47.3 Å². The third kappa shape index (κ3) is 8.50. The van der Waals surface area contributed by atoms with E-state index in [0.717, 1.165) is 41.2 Å². The molecule has 2 spiro atoms. The quantitative estimate of drug-likeness (QED) is 0.142. The van der Waals surface area contributed by atoms with Gasteiger partial charge in [-0.3, -0.25) is 0 Å². The fourth-order valence-corrected chi connectivity index (χ4v) is 26.1. The fourth-order valence-electron chi connectivity index (χ4n) is 26.1. The molecule has 14 aromatic rings. The summed E-state index contributed by atoms with van der Waals surface area (Å²) in [5.41, 5.74) is 37.7. The molecular formula is C106H88N2. The second-order valence-corrected chi connectivity index (χ2v) is 35.9. The summed E-state index contributed by atoms with van der Waals surface area (Å²) in [6, 6.07) is 114. The molecule has 12 aliphatic rings. The maximum Gasteiger partial charge on any atom is 0.0468 e. The van der Waals surface area contributed by atoms with E-state index in [-0.39, 0.29) is 21.7 Å². The van der Waals surface area contributed by atoms with Crippen molar-refractivity contribution >= 4 is 55.7 Å². The highest BCUT2D eigenvalue weighted by Crippen LogP contribution is 2.72. The van der Waals surface area contributed by atoms with Crippen molar-refractivity contribution < 1.29 is 0 Å². The zero-order chi connectivity index (χ0) is 71.3. The van der Waals surface area contributed by atoms with Gasteiger partial charge in [-0.25, -0.2) is 0 Å². The van der Waals surface area contributed by atoms with E-state index in [1.54, 1.807) is 22.3 Å². The molecule has 2 heteroatoms. The van der Waals surface area contributed by atoms with Crippen LogP contribution in [0.2, 0.25) is 0 Å². The molecule has 108 heavy (non-hydrogen) atoms. The van der Waals surface area contributed by atoms with Gasteiger partial charge < -0.3 is 9.80 Å². The highest BCUT2D eigenvalue weighted by Gasteiger charge is 2.63. The fraction of sp³-hybridized carbons (Fsp3) is 0.245. The molecule has 0 unspecified atom stereocenters. The Morgan fingerprint density at radius 3 is 1.07 bits per heavy atom. The molecule has 0 aromatic heterocycles. The minimum Gasteiger partial charge on any atom is -0.310 e. The molecular weight excluding hydrogens is 1300 g/mol. The van der Waals surface area contributed by atoms with E-state index in [9.17, 15) is 0 Å². The van der Waals surface area contributed by atoms with Crippen LogP contribution in [0.25, 0.3) is 99.4 Å². The molecule has 8 saturated carbocycles. The van der Waals surface area contributed by atoms with E-state index in [0.29, 0.717) is 11.8 Å². The van der Waals surface area contributed by atoms with Crippen molar-refractivity contribution in [1.29, 1.82) is 0 Å². The van der Waals surface area contributed by atoms with Crippen LogP contribution in [-0.4, -0.2) is 0 Å². The highest BCUT2D eigenvalue weighted by atomic mass is 15.1. The predicted molar refractivity (Wildman–Crippen MR) is 449 cm³/mol. The molecule has 14 aromatic carbocycles. The summed E-state index contributed by atoms with van der Waals surface area (Å²) in [5, 5.41) is 5.12. The van der Waals surface area contributed by atoms with E-state index in [2.05, 4.69) is 329 Å². The van der Waals surface area contributed by atoms with E-state index in [1.165, 1.54) is 214 Å². The van der Waals surface area contributed by atoms with Crippen molar-refractivity contribution in [1.82, 2.24) is 0 Å². The Morgan fingerprint density at radius 1 is 0.213 bits per heavy atom. The van der Waals surface area contributed by atoms with Gasteiger partial charge >= 0.3 is 0 Å². The first-order valence-electron chi connectivity index (χ1n) is 40.8. The maximum absolute atomic E-state index is 2.71. The van der Waals surface area contributed by atoms with Gasteiger partial charge in [0.05, 0.1) is 0 Å². The molecule has 8 fully saturated rings. The topological polar surface area (TPSA) is 6.48 Å². The van der Waals surface area contributed by atoms with Crippen molar-refractivity contribution in [2.45, 2.75) is 114 Å². The summed E-state index contributed by atoms with van der Waals surface area (Å²) >= 11 is 0. The van der Waals surface area contributed by atoms with Crippen LogP contribution in [0.4, 0.5) is 34.1 Å². The first kappa shape index (κ1) is 62.3. The molecule has 0 amide bonds. The van der Waals surface area contributed by atoms with Gasteiger partial charge in [0.1, 0.15) is 0 Å². The lowest BCUT2D eigenvalue weighted by molar-refractivity contribution is -0.0399. The van der Waals surface area contributed by atoms with Crippen LogP contribution in [0.15, 0.2) is 291 Å². The largest absolute Gasteiger partial charge is 0.310 e. The maximum atomic E-state index is 2.71. The van der Waals surface area contributed by atoms with E-state index >= 15 is 0 Å². The van der Waals surface area contributed by atoms with Crippen LogP contribution >= 0.6 is 0 Å². The van der Waals surface area contributed by atoms with Gasteiger partial charge in [-0.1, -0.05) is 234 Å². The van der Waals surface area contributed by atoms with Crippen LogP contribution in [0.1, 0.15) is 136 Å². The number of anilines is 6. The Balaban J connectivity index is 0.615. The summed E-state index contributed by atoms with van der Waals surface area (Å²) in [6.45, 7) is 9.66. The summed E-state index contributed by atoms with van der Waals surface area (Å²) in [6.07, 6.45) is 13.8. The normalized spacial score (nSPS) is 24.9. The van der Waals surface area contributed by atoms with Crippen LogP contribution < -0.4 is 9.80 Å². The lowest BCUT2D eigenvalue weighted by atomic mass is 9.43. The minimum absolute atomic E-state index is 0.0319. The van der Waals surface area contributed by atoms with Gasteiger partial charge in [-0.15, -0.1) is 0 Å². The van der Waals surface area contributed by atoms with Crippen molar-refractivity contribution in [3.63, 3.8) is 0 Å². The Kier molecular flexibility index (Phi) is 12.9. The highest BCUT2D eigenvalue weighted by molar-refractivity contribution is 6.06. The van der Waals surface area contributed by atoms with Gasteiger partial charge in [-0.05, 0) is 340 Å². The van der Waals surface area contributed by atoms with E-state index in [4.69, 9.17) is 0 Å². The third-order valence-corrected chi connectivity index (χ3v) is 30.2. The van der Waals surface area contributed by atoms with Gasteiger partial charge in [0.2, 0.25) is 0 Å². The average molecular weight is 1390 g/mol. The lowest BCUT2D eigenvalue weighted by Gasteiger charge is -2.61. The number of benzene rings is 14. The lowest BCUT2D eigenvalue weighted by Crippen LogP contribution is -2.55. The van der Waals surface area contributed by atoms with Crippen molar-refractivity contribution in [2.24, 2.45) is 47.3 Å². The molecule has 2 nitrogen and oxygen atoms in total. The Bertz CT molecular complexity index is 6120. The summed E-state index contributed by atoms with van der Waals surface area (Å²) in [5.74, 6) is 6.19. The summed E-state index contributed by atoms with van der Waals surface area (Å²) in [4.78, 5) is 5.14. The van der Waals surface area contributed by atoms with Gasteiger partial charge in [0.15, 0.2) is 0 Å². The second-order valence-electron chi connectivity index (χ2n) is 35.9. The molecule has 0 aliphatic heterocycles. The first-order valence-corrected chi connectivity index (χ1v) is 40.8. The third-order valence-electron chi connectivity index (χ3n) is 30.2. The monoisotopic (exact) mass is 1390 g/mol. The number of hydrogen-bond donors (Lipinski definition) is 0. The van der Waals surface area contributed by atoms with Crippen LogP contribution in [0.5, 0.6) is 0 Å². The zero-order valence-corrected chi connectivity index (χ0v) is 62.3. The number of nitrogens with zero attached hydrogens (tertiary/aromatic N) is 2. The predicted octanol–water partition coefficient (Wildman–Crippen LogP) is 28.0. The molecule has 0 saturated heterocycles. The van der Waals surface area contributed by atoms with Crippen molar-refractivity contribution in [3.8, 4) is 77.9 Å². The summed E-state index contributed by atoms with van der Waals surface area (Å²) in [7, 11) is 0. The Morgan fingerprint density at radius 2 is 0.556 bits per heavy atom. The smallest absolute Gasteiger partial charge is 0.0468 e. The molecule has 8 bridgehead atoms. The molecule has 0 N–H and O–H groups in total. The first-order chi connectivity index (χ1) is 52.9. The van der Waals surface area contributed by atoms with Crippen molar-refractivity contribution in [2.75, 3.05) is 9.80 Å². The molecule has 26 rings (SSSR count). The van der Waals surface area contributed by atoms with Gasteiger partial charge in [0, 0.05) is 55.8 Å². The molecule has 0 heterocycles. The van der Waals surface area contributed by atoms with E-state index in [1.807, 2.05) is 0 Å². The minimum atomic E-state index is -0.138. The van der Waals surface area contributed by atoms with Crippen molar-refractivity contribution in [3.05, 3.63) is 336 Å².